The quantitative estimate of drug-likeness (QED) is 0.635. The summed E-state index contributed by atoms with van der Waals surface area (Å²) in [6.07, 6.45) is 2.09. The van der Waals surface area contributed by atoms with Gasteiger partial charge in [-0.3, -0.25) is 4.79 Å². The van der Waals surface area contributed by atoms with E-state index < -0.39 is 0 Å². The van der Waals surface area contributed by atoms with Gasteiger partial charge in [0, 0.05) is 12.3 Å². The number of nitrogens with one attached hydrogen (secondary N) is 1. The number of nitrogens with zero attached hydrogens (tertiary/aromatic N) is 2. The fraction of sp³-hybridized carbons (Fsp3) is 0.467. The molecule has 4 nitrogen and oxygen atoms in total. The molecule has 0 radical (unpaired) electrons. The molecule has 5 heteroatoms. The van der Waals surface area contributed by atoms with Crippen molar-refractivity contribution in [3.8, 4) is 0 Å². The van der Waals surface area contributed by atoms with E-state index in [0.29, 0.717) is 12.3 Å². The van der Waals surface area contributed by atoms with Crippen LogP contribution in [0.4, 0.5) is 0 Å². The Bertz CT molecular complexity index is 606. The zero-order valence-electron chi connectivity index (χ0n) is 12.0. The number of imidazole rings is 1. The fourth-order valence-electron chi connectivity index (χ4n) is 2.19. The third-order valence-corrected chi connectivity index (χ3v) is 3.56. The van der Waals surface area contributed by atoms with Crippen LogP contribution in [-0.4, -0.2) is 22.0 Å². The van der Waals surface area contributed by atoms with Crippen LogP contribution in [0.25, 0.3) is 11.0 Å². The Balaban J connectivity index is 2.21. The lowest BCUT2D eigenvalue weighted by molar-refractivity contribution is -0.121. The SMILES string of the molecule is CCCCNC(=O)Cn1c(CS)nc2cc(C)ccc21. The van der Waals surface area contributed by atoms with Crippen LogP contribution in [0, 0.1) is 6.92 Å². The maximum Gasteiger partial charge on any atom is 0.240 e. The summed E-state index contributed by atoms with van der Waals surface area (Å²) in [5.74, 6) is 1.39. The van der Waals surface area contributed by atoms with Gasteiger partial charge < -0.3 is 9.88 Å². The average Bonchev–Trinajstić information content (AvgIpc) is 2.76. The molecule has 0 fully saturated rings. The van der Waals surface area contributed by atoms with Crippen molar-refractivity contribution in [3.63, 3.8) is 0 Å². The molecule has 1 N–H and O–H groups in total. The Kier molecular flexibility index (Phi) is 5.06. The number of carbonyl (C=O) groups excluding carboxylic acids is 1. The van der Waals surface area contributed by atoms with Crippen molar-refractivity contribution < 1.29 is 4.79 Å². The van der Waals surface area contributed by atoms with Gasteiger partial charge in [0.25, 0.3) is 0 Å². The smallest absolute Gasteiger partial charge is 0.240 e. The molecule has 0 saturated heterocycles. The summed E-state index contributed by atoms with van der Waals surface area (Å²) in [5, 5.41) is 2.94. The third-order valence-electron chi connectivity index (χ3n) is 3.28. The minimum atomic E-state index is 0.0290. The average molecular weight is 291 g/mol. The molecule has 0 atom stereocenters. The first kappa shape index (κ1) is 14.9. The molecular formula is C15H21N3OS. The lowest BCUT2D eigenvalue weighted by Crippen LogP contribution is -2.28. The number of unbranched alkanes of at least 4 members (excludes halogenated alkanes) is 1. The van der Waals surface area contributed by atoms with Crippen molar-refractivity contribution in [3.05, 3.63) is 29.6 Å². The first-order valence-corrected chi connectivity index (χ1v) is 7.62. The van der Waals surface area contributed by atoms with Gasteiger partial charge in [-0.15, -0.1) is 0 Å². The number of aryl methyl sites for hydroxylation is 1. The zero-order chi connectivity index (χ0) is 14.5. The van der Waals surface area contributed by atoms with Gasteiger partial charge in [0.2, 0.25) is 5.91 Å². The highest BCUT2D eigenvalue weighted by molar-refractivity contribution is 7.79. The number of amides is 1. The maximum atomic E-state index is 12.0. The van der Waals surface area contributed by atoms with Crippen LogP contribution in [0.1, 0.15) is 31.2 Å². The fourth-order valence-corrected chi connectivity index (χ4v) is 2.43. The lowest BCUT2D eigenvalue weighted by atomic mass is 10.2. The second kappa shape index (κ2) is 6.79. The van der Waals surface area contributed by atoms with Crippen molar-refractivity contribution in [1.29, 1.82) is 0 Å². The summed E-state index contributed by atoms with van der Waals surface area (Å²) < 4.78 is 1.95. The van der Waals surface area contributed by atoms with E-state index in [0.717, 1.165) is 36.2 Å². The normalized spacial score (nSPS) is 10.9. The highest BCUT2D eigenvalue weighted by Gasteiger charge is 2.12. The summed E-state index contributed by atoms with van der Waals surface area (Å²) >= 11 is 4.31. The van der Waals surface area contributed by atoms with Gasteiger partial charge in [0.15, 0.2) is 0 Å². The van der Waals surface area contributed by atoms with Gasteiger partial charge >= 0.3 is 0 Å². The predicted molar refractivity (Wildman–Crippen MR) is 85.1 cm³/mol. The second-order valence-corrected chi connectivity index (χ2v) is 5.28. The maximum absolute atomic E-state index is 12.0. The number of hydrogen-bond acceptors (Lipinski definition) is 3. The topological polar surface area (TPSA) is 46.9 Å². The number of carbonyl (C=O) groups is 1. The molecule has 1 heterocycles. The van der Waals surface area contributed by atoms with Crippen molar-refractivity contribution in [2.45, 2.75) is 39.0 Å². The molecule has 1 aromatic heterocycles. The molecule has 2 aromatic rings. The third kappa shape index (κ3) is 3.33. The molecular weight excluding hydrogens is 270 g/mol. The molecule has 0 aliphatic rings. The largest absolute Gasteiger partial charge is 0.355 e. The van der Waals surface area contributed by atoms with Gasteiger partial charge in [0.1, 0.15) is 12.4 Å². The van der Waals surface area contributed by atoms with E-state index in [-0.39, 0.29) is 5.91 Å². The summed E-state index contributed by atoms with van der Waals surface area (Å²) in [6.45, 7) is 5.18. The minimum absolute atomic E-state index is 0.0290. The lowest BCUT2D eigenvalue weighted by Gasteiger charge is -2.08. The van der Waals surface area contributed by atoms with E-state index in [1.54, 1.807) is 0 Å². The molecule has 108 valence electrons. The standard InChI is InChI=1S/C15H21N3OS/c1-3-4-7-16-15(19)9-18-13-6-5-11(2)8-12(13)17-14(18)10-20/h5-6,8,20H,3-4,7,9-10H2,1-2H3,(H,16,19). The van der Waals surface area contributed by atoms with Crippen LogP contribution < -0.4 is 5.32 Å². The van der Waals surface area contributed by atoms with Crippen molar-refractivity contribution in [2.75, 3.05) is 6.54 Å². The van der Waals surface area contributed by atoms with Gasteiger partial charge in [-0.05, 0) is 31.0 Å². The number of fused-ring (bicyclic) bond motifs is 1. The van der Waals surface area contributed by atoms with Gasteiger partial charge in [0.05, 0.1) is 11.0 Å². The van der Waals surface area contributed by atoms with E-state index >= 15 is 0 Å². The molecule has 0 spiro atoms. The highest BCUT2D eigenvalue weighted by atomic mass is 32.1. The van der Waals surface area contributed by atoms with Crippen LogP contribution in [0.3, 0.4) is 0 Å². The van der Waals surface area contributed by atoms with E-state index in [4.69, 9.17) is 0 Å². The Labute approximate surface area is 125 Å². The number of aromatic nitrogens is 2. The van der Waals surface area contributed by atoms with Crippen LogP contribution in [0.5, 0.6) is 0 Å². The Hall–Kier alpha value is -1.49. The first-order valence-electron chi connectivity index (χ1n) is 6.99. The van der Waals surface area contributed by atoms with E-state index in [1.165, 1.54) is 5.56 Å². The first-order chi connectivity index (χ1) is 9.65. The molecule has 0 aliphatic heterocycles. The number of thiol groups is 1. The Morgan fingerprint density at radius 2 is 2.25 bits per heavy atom. The summed E-state index contributed by atoms with van der Waals surface area (Å²) in [4.78, 5) is 16.5. The Morgan fingerprint density at radius 1 is 1.45 bits per heavy atom. The summed E-state index contributed by atoms with van der Waals surface area (Å²) in [5.41, 5.74) is 3.08. The molecule has 0 aliphatic carbocycles. The molecule has 20 heavy (non-hydrogen) atoms. The number of rotatable bonds is 6. The van der Waals surface area contributed by atoms with Gasteiger partial charge in [-0.25, -0.2) is 4.98 Å². The summed E-state index contributed by atoms with van der Waals surface area (Å²) in [7, 11) is 0. The number of benzene rings is 1. The monoisotopic (exact) mass is 291 g/mol. The second-order valence-electron chi connectivity index (χ2n) is 4.97. The Morgan fingerprint density at radius 3 is 2.95 bits per heavy atom. The van der Waals surface area contributed by atoms with Crippen molar-refractivity contribution >= 4 is 29.6 Å². The molecule has 0 unspecified atom stereocenters. The van der Waals surface area contributed by atoms with Crippen LogP contribution in [0.15, 0.2) is 18.2 Å². The molecule has 1 amide bonds. The van der Waals surface area contributed by atoms with Crippen LogP contribution in [0.2, 0.25) is 0 Å². The van der Waals surface area contributed by atoms with Gasteiger partial charge in [-0.1, -0.05) is 19.4 Å². The van der Waals surface area contributed by atoms with Crippen LogP contribution >= 0.6 is 12.6 Å². The van der Waals surface area contributed by atoms with E-state index in [1.807, 2.05) is 29.7 Å². The molecule has 2 rings (SSSR count). The number of hydrogen-bond donors (Lipinski definition) is 2. The molecule has 1 aromatic carbocycles. The predicted octanol–water partition coefficient (Wildman–Crippen LogP) is 2.69. The highest BCUT2D eigenvalue weighted by Crippen LogP contribution is 2.18. The van der Waals surface area contributed by atoms with Crippen LogP contribution in [-0.2, 0) is 17.1 Å². The van der Waals surface area contributed by atoms with E-state index in [2.05, 4.69) is 29.9 Å². The van der Waals surface area contributed by atoms with E-state index in [9.17, 15) is 4.79 Å². The van der Waals surface area contributed by atoms with Crippen molar-refractivity contribution in [2.24, 2.45) is 0 Å². The zero-order valence-corrected chi connectivity index (χ0v) is 12.9. The van der Waals surface area contributed by atoms with Crippen molar-refractivity contribution in [1.82, 2.24) is 14.9 Å². The molecule has 0 bridgehead atoms. The van der Waals surface area contributed by atoms with Gasteiger partial charge in [-0.2, -0.15) is 12.6 Å². The minimum Gasteiger partial charge on any atom is -0.355 e. The molecule has 0 saturated carbocycles. The summed E-state index contributed by atoms with van der Waals surface area (Å²) in [6, 6.07) is 6.09.